The lowest BCUT2D eigenvalue weighted by atomic mass is 9.71. The first-order chi connectivity index (χ1) is 16.5. The Bertz CT molecular complexity index is 1310. The average Bonchev–Trinajstić information content (AvgIpc) is 3.24. The van der Waals surface area contributed by atoms with Gasteiger partial charge in [-0.05, 0) is 73.7 Å². The van der Waals surface area contributed by atoms with E-state index in [-0.39, 0.29) is 11.2 Å². The lowest BCUT2D eigenvalue weighted by molar-refractivity contribution is 0.407. The molecule has 3 nitrogen and oxygen atoms in total. The van der Waals surface area contributed by atoms with E-state index >= 15 is 0 Å². The van der Waals surface area contributed by atoms with E-state index in [2.05, 4.69) is 41.8 Å². The van der Waals surface area contributed by atoms with Crippen LogP contribution in [0.1, 0.15) is 42.3 Å². The fourth-order valence-electron chi connectivity index (χ4n) is 4.84. The zero-order valence-corrected chi connectivity index (χ0v) is 20.8. The van der Waals surface area contributed by atoms with Gasteiger partial charge in [0.1, 0.15) is 11.6 Å². The van der Waals surface area contributed by atoms with Crippen molar-refractivity contribution >= 4 is 23.4 Å². The third kappa shape index (κ3) is 4.23. The first-order valence-corrected chi connectivity index (χ1v) is 12.7. The van der Waals surface area contributed by atoms with Crippen LogP contribution >= 0.6 is 23.4 Å². The summed E-state index contributed by atoms with van der Waals surface area (Å²) in [7, 11) is 1.64. The molecular weight excluding hydrogens is 467 g/mol. The van der Waals surface area contributed by atoms with Gasteiger partial charge in [0.05, 0.1) is 23.5 Å². The van der Waals surface area contributed by atoms with Crippen molar-refractivity contribution in [2.45, 2.75) is 42.5 Å². The summed E-state index contributed by atoms with van der Waals surface area (Å²) in [5.41, 5.74) is 5.26. The number of thioether (sulfide) groups is 1. The molecule has 6 heteroatoms. The van der Waals surface area contributed by atoms with Crippen LogP contribution in [0.5, 0.6) is 5.75 Å². The van der Waals surface area contributed by atoms with Crippen LogP contribution < -0.4 is 4.74 Å². The Morgan fingerprint density at radius 3 is 2.59 bits per heavy atom. The largest absolute Gasteiger partial charge is 0.495 e. The third-order valence-corrected chi connectivity index (χ3v) is 7.94. The summed E-state index contributed by atoms with van der Waals surface area (Å²) < 4.78 is 21.6. The smallest absolute Gasteiger partial charge is 0.173 e. The zero-order chi connectivity index (χ0) is 23.7. The quantitative estimate of drug-likeness (QED) is 0.259. The molecule has 5 rings (SSSR count). The second-order valence-electron chi connectivity index (χ2n) is 8.81. The second kappa shape index (κ2) is 9.47. The topological polar surface area (TPSA) is 27.1 Å². The Labute approximate surface area is 208 Å². The van der Waals surface area contributed by atoms with Crippen LogP contribution in [0.25, 0.3) is 5.69 Å². The zero-order valence-electron chi connectivity index (χ0n) is 19.2. The van der Waals surface area contributed by atoms with Gasteiger partial charge < -0.3 is 4.74 Å². The molecule has 0 amide bonds. The maximum absolute atomic E-state index is 13.8. The predicted octanol–water partition coefficient (Wildman–Crippen LogP) is 7.61. The highest BCUT2D eigenvalue weighted by atomic mass is 35.5. The molecule has 1 unspecified atom stereocenters. The van der Waals surface area contributed by atoms with Crippen LogP contribution in [0.3, 0.4) is 0 Å². The lowest BCUT2D eigenvalue weighted by Crippen LogP contribution is -2.31. The van der Waals surface area contributed by atoms with Gasteiger partial charge in [0.25, 0.3) is 0 Å². The maximum Gasteiger partial charge on any atom is 0.173 e. The van der Waals surface area contributed by atoms with E-state index < -0.39 is 0 Å². The van der Waals surface area contributed by atoms with Crippen LogP contribution in [0.2, 0.25) is 5.02 Å². The molecular formula is C28H26ClFN2OS. The number of rotatable bonds is 6. The molecule has 1 aliphatic carbocycles. The Hall–Kier alpha value is -2.76. The van der Waals surface area contributed by atoms with Crippen LogP contribution in [0.4, 0.5) is 4.39 Å². The van der Waals surface area contributed by atoms with Crippen molar-refractivity contribution in [1.29, 1.82) is 0 Å². The number of hydrogen-bond acceptors (Lipinski definition) is 3. The van der Waals surface area contributed by atoms with Crippen molar-refractivity contribution < 1.29 is 9.13 Å². The van der Waals surface area contributed by atoms with Crippen molar-refractivity contribution in [1.82, 2.24) is 9.55 Å². The average molecular weight is 493 g/mol. The number of nitrogens with zero attached hydrogens (tertiary/aromatic N) is 2. The van der Waals surface area contributed by atoms with Gasteiger partial charge in [0.2, 0.25) is 0 Å². The minimum Gasteiger partial charge on any atom is -0.495 e. The van der Waals surface area contributed by atoms with Crippen molar-refractivity contribution in [2.75, 3.05) is 7.11 Å². The van der Waals surface area contributed by atoms with Crippen molar-refractivity contribution in [3.05, 3.63) is 106 Å². The third-order valence-electron chi connectivity index (χ3n) is 6.62. The van der Waals surface area contributed by atoms with Crippen LogP contribution in [0, 0.1) is 5.82 Å². The minimum absolute atomic E-state index is 0.249. The number of aromatic nitrogens is 2. The Balaban J connectivity index is 1.66. The fraction of sp³-hybridized carbons (Fsp3) is 0.250. The van der Waals surface area contributed by atoms with Gasteiger partial charge >= 0.3 is 0 Å². The Morgan fingerprint density at radius 2 is 1.85 bits per heavy atom. The van der Waals surface area contributed by atoms with Crippen LogP contribution in [-0.4, -0.2) is 16.7 Å². The molecule has 0 saturated carbocycles. The summed E-state index contributed by atoms with van der Waals surface area (Å²) in [6.45, 7) is 2.26. The van der Waals surface area contributed by atoms with Crippen LogP contribution in [0.15, 0.2) is 78.0 Å². The van der Waals surface area contributed by atoms with E-state index in [1.807, 2.05) is 30.3 Å². The molecule has 3 aromatic carbocycles. The molecule has 1 heterocycles. The van der Waals surface area contributed by atoms with Crippen LogP contribution in [-0.2, 0) is 17.6 Å². The number of benzene rings is 3. The summed E-state index contributed by atoms with van der Waals surface area (Å²) >= 11 is 8.06. The predicted molar refractivity (Wildman–Crippen MR) is 137 cm³/mol. The molecule has 0 fully saturated rings. The number of methoxy groups -OCH3 is 1. The Morgan fingerprint density at radius 1 is 1.09 bits per heavy atom. The van der Waals surface area contributed by atoms with Crippen molar-refractivity contribution in [3.8, 4) is 11.4 Å². The molecule has 0 radical (unpaired) electrons. The molecule has 0 N–H and O–H groups in total. The number of hydrogen-bond donors (Lipinski definition) is 0. The molecule has 1 aromatic heterocycles. The van der Waals surface area contributed by atoms with E-state index in [0.29, 0.717) is 10.8 Å². The molecule has 34 heavy (non-hydrogen) atoms. The molecule has 4 aromatic rings. The molecule has 0 bridgehead atoms. The van der Waals surface area contributed by atoms with E-state index in [4.69, 9.17) is 21.3 Å². The molecule has 1 atom stereocenters. The standard InChI is InChI=1S/C28H26ClFN2OS/c1-28(20-10-15-23(29)25(17-20)33-2)16-6-9-24-26(28)32(22-13-11-21(30)12-14-22)27(31-24)34-18-19-7-4-3-5-8-19/h3-5,7-8,10-15,17H,6,9,16,18H2,1-2H3. The SMILES string of the molecule is COc1cc(C2(C)CCCc3nc(SCc4ccccc4)n(-c4ccc(F)cc4)c32)ccc1Cl. The molecule has 174 valence electrons. The minimum atomic E-state index is -0.293. The molecule has 0 aliphatic heterocycles. The lowest BCUT2D eigenvalue weighted by Gasteiger charge is -2.36. The second-order valence-corrected chi connectivity index (χ2v) is 10.2. The highest BCUT2D eigenvalue weighted by Crippen LogP contribution is 2.46. The Kier molecular flexibility index (Phi) is 6.41. The van der Waals surface area contributed by atoms with Gasteiger partial charge in [-0.25, -0.2) is 9.37 Å². The van der Waals surface area contributed by atoms with E-state index in [1.54, 1.807) is 18.9 Å². The van der Waals surface area contributed by atoms with Crippen molar-refractivity contribution in [3.63, 3.8) is 0 Å². The van der Waals surface area contributed by atoms with Gasteiger partial charge in [0.15, 0.2) is 5.16 Å². The van der Waals surface area contributed by atoms with Gasteiger partial charge in [-0.15, -0.1) is 0 Å². The van der Waals surface area contributed by atoms with E-state index in [0.717, 1.165) is 52.8 Å². The summed E-state index contributed by atoms with van der Waals surface area (Å²) in [5.74, 6) is 1.23. The summed E-state index contributed by atoms with van der Waals surface area (Å²) in [6.07, 6.45) is 2.93. The van der Waals surface area contributed by atoms with E-state index in [9.17, 15) is 4.39 Å². The van der Waals surface area contributed by atoms with Gasteiger partial charge in [-0.1, -0.05) is 59.8 Å². The summed E-state index contributed by atoms with van der Waals surface area (Å²) in [5, 5.41) is 1.52. The van der Waals surface area contributed by atoms with Gasteiger partial charge in [-0.3, -0.25) is 4.57 Å². The highest BCUT2D eigenvalue weighted by molar-refractivity contribution is 7.98. The normalized spacial score (nSPS) is 17.4. The monoisotopic (exact) mass is 492 g/mol. The summed E-state index contributed by atoms with van der Waals surface area (Å²) in [4.78, 5) is 5.12. The first-order valence-electron chi connectivity index (χ1n) is 11.4. The first kappa shape index (κ1) is 23.0. The number of aryl methyl sites for hydroxylation is 1. The molecule has 0 saturated heterocycles. The van der Waals surface area contributed by atoms with Gasteiger partial charge in [-0.2, -0.15) is 0 Å². The molecule has 0 spiro atoms. The number of fused-ring (bicyclic) bond motifs is 1. The number of imidazole rings is 1. The van der Waals surface area contributed by atoms with E-state index in [1.165, 1.54) is 17.7 Å². The van der Waals surface area contributed by atoms with Gasteiger partial charge in [0, 0.05) is 16.9 Å². The number of ether oxygens (including phenoxy) is 1. The molecule has 1 aliphatic rings. The summed E-state index contributed by atoms with van der Waals surface area (Å²) in [6, 6.07) is 23.1. The maximum atomic E-state index is 13.8. The highest BCUT2D eigenvalue weighted by Gasteiger charge is 2.40. The van der Waals surface area contributed by atoms with Crippen molar-refractivity contribution in [2.24, 2.45) is 0 Å². The number of halogens is 2. The fourth-order valence-corrected chi connectivity index (χ4v) is 6.03.